The lowest BCUT2D eigenvalue weighted by Gasteiger charge is -2.40. The third-order valence-corrected chi connectivity index (χ3v) is 6.01. The highest BCUT2D eigenvalue weighted by atomic mass is 16.3. The highest BCUT2D eigenvalue weighted by Gasteiger charge is 2.35. The van der Waals surface area contributed by atoms with Gasteiger partial charge in [-0.1, -0.05) is 33.8 Å². The zero-order valence-corrected chi connectivity index (χ0v) is 16.2. The average Bonchev–Trinajstić information content (AvgIpc) is 2.52. The molecule has 0 bridgehead atoms. The fourth-order valence-corrected chi connectivity index (χ4v) is 4.65. The van der Waals surface area contributed by atoms with E-state index in [1.54, 1.807) is 0 Å². The summed E-state index contributed by atoms with van der Waals surface area (Å²) in [6, 6.07) is 4.22. The smallest absolute Gasteiger partial charge is 0.243 e. The molecule has 2 atom stereocenters. The van der Waals surface area contributed by atoms with Gasteiger partial charge in [-0.2, -0.15) is 0 Å². The van der Waals surface area contributed by atoms with Gasteiger partial charge in [-0.25, -0.2) is 0 Å². The van der Waals surface area contributed by atoms with E-state index in [0.717, 1.165) is 12.1 Å². The molecule has 3 rings (SSSR count). The summed E-state index contributed by atoms with van der Waals surface area (Å²) in [6.45, 7) is 8.79. The van der Waals surface area contributed by atoms with E-state index in [0.29, 0.717) is 6.42 Å². The zero-order chi connectivity index (χ0) is 18.4. The molecule has 1 aromatic carbocycles. The van der Waals surface area contributed by atoms with Gasteiger partial charge in [0.15, 0.2) is 0 Å². The second-order valence-electron chi connectivity index (χ2n) is 8.77. The Balaban J connectivity index is 2.14. The van der Waals surface area contributed by atoms with Crippen molar-refractivity contribution in [3.63, 3.8) is 0 Å². The van der Waals surface area contributed by atoms with E-state index in [9.17, 15) is 9.90 Å². The Morgan fingerprint density at radius 1 is 1.32 bits per heavy atom. The molecule has 0 spiro atoms. The molecule has 4 nitrogen and oxygen atoms in total. The Morgan fingerprint density at radius 3 is 2.68 bits per heavy atom. The lowest BCUT2D eigenvalue weighted by atomic mass is 9.71. The van der Waals surface area contributed by atoms with Gasteiger partial charge in [0.05, 0.1) is 12.6 Å². The molecule has 1 aromatic rings. The Hall–Kier alpha value is -1.55. The Morgan fingerprint density at radius 2 is 2.04 bits per heavy atom. The van der Waals surface area contributed by atoms with E-state index < -0.39 is 0 Å². The maximum atomic E-state index is 12.7. The van der Waals surface area contributed by atoms with Gasteiger partial charge in [-0.05, 0) is 59.8 Å². The fourth-order valence-electron chi connectivity index (χ4n) is 4.65. The van der Waals surface area contributed by atoms with Crippen LogP contribution in [0.1, 0.15) is 57.2 Å². The molecule has 1 amide bonds. The number of aliphatic hydroxyl groups excluding tert-OH is 1. The number of carbonyl (C=O) groups excluding carboxylic acids is 1. The van der Waals surface area contributed by atoms with Gasteiger partial charge >= 0.3 is 0 Å². The summed E-state index contributed by atoms with van der Waals surface area (Å²) in [4.78, 5) is 14.9. The predicted octanol–water partition coefficient (Wildman–Crippen LogP) is 2.79. The number of rotatable bonds is 2. The summed E-state index contributed by atoms with van der Waals surface area (Å²) in [5.41, 5.74) is 5.45. The fraction of sp³-hybridized carbons (Fsp3) is 0.667. The molecular weight excluding hydrogens is 312 g/mol. The lowest BCUT2D eigenvalue weighted by molar-refractivity contribution is -0.124. The zero-order valence-electron chi connectivity index (χ0n) is 16.2. The van der Waals surface area contributed by atoms with Gasteiger partial charge in [-0.3, -0.25) is 4.79 Å². The Kier molecular flexibility index (Phi) is 4.84. The minimum atomic E-state index is -0.220. The first-order valence-electron chi connectivity index (χ1n) is 9.55. The first-order valence-corrected chi connectivity index (χ1v) is 9.55. The summed E-state index contributed by atoms with van der Waals surface area (Å²) < 4.78 is 0. The number of hydrogen-bond acceptors (Lipinski definition) is 3. The number of anilines is 1. The van der Waals surface area contributed by atoms with Crippen LogP contribution in [0.5, 0.6) is 0 Å². The van der Waals surface area contributed by atoms with Crippen LogP contribution >= 0.6 is 0 Å². The van der Waals surface area contributed by atoms with Crippen LogP contribution in [0.25, 0.3) is 0 Å². The molecule has 1 aliphatic carbocycles. The number of amides is 1. The van der Waals surface area contributed by atoms with Gasteiger partial charge in [0.1, 0.15) is 6.04 Å². The number of benzene rings is 1. The minimum absolute atomic E-state index is 0.0141. The normalized spacial score (nSPS) is 25.7. The Bertz CT molecular complexity index is 666. The van der Waals surface area contributed by atoms with Gasteiger partial charge in [-0.15, -0.1) is 0 Å². The second kappa shape index (κ2) is 6.64. The quantitative estimate of drug-likeness (QED) is 0.867. The third kappa shape index (κ3) is 3.29. The van der Waals surface area contributed by atoms with Crippen LogP contribution in [0.3, 0.4) is 0 Å². The van der Waals surface area contributed by atoms with Crippen LogP contribution in [-0.2, 0) is 23.1 Å². The monoisotopic (exact) mass is 344 g/mol. The lowest BCUT2D eigenvalue weighted by Crippen LogP contribution is -2.54. The van der Waals surface area contributed by atoms with Crippen molar-refractivity contribution in [3.8, 4) is 0 Å². The highest BCUT2D eigenvalue weighted by Crippen LogP contribution is 2.41. The van der Waals surface area contributed by atoms with Gasteiger partial charge in [0.25, 0.3) is 0 Å². The maximum Gasteiger partial charge on any atom is 0.243 e. The van der Waals surface area contributed by atoms with E-state index >= 15 is 0 Å². The summed E-state index contributed by atoms with van der Waals surface area (Å²) in [6.07, 6.45) is 4.22. The molecule has 1 aliphatic heterocycles. The summed E-state index contributed by atoms with van der Waals surface area (Å²) in [5.74, 6) is 0.211. The number of nitrogens with one attached hydrogen (secondary N) is 1. The largest absolute Gasteiger partial charge is 0.394 e. The van der Waals surface area contributed by atoms with Crippen molar-refractivity contribution in [2.45, 2.75) is 70.9 Å². The second-order valence-corrected chi connectivity index (χ2v) is 8.77. The SMILES string of the molecule is CC(C)[C@H]1C(=O)N[C@@H](CO)Cc2cc3c(cc2N1C)CCCC3(C)C. The number of carbonyl (C=O) groups is 1. The molecule has 2 N–H and O–H groups in total. The summed E-state index contributed by atoms with van der Waals surface area (Å²) >= 11 is 0. The topological polar surface area (TPSA) is 52.6 Å². The molecule has 2 aliphatic rings. The summed E-state index contributed by atoms with van der Waals surface area (Å²) in [5, 5.41) is 12.8. The number of aliphatic hydroxyl groups is 1. The Labute approximate surface area is 151 Å². The highest BCUT2D eigenvalue weighted by molar-refractivity contribution is 5.87. The molecule has 0 unspecified atom stereocenters. The molecule has 0 saturated heterocycles. The number of nitrogens with zero attached hydrogens (tertiary/aromatic N) is 1. The van der Waals surface area contributed by atoms with Gasteiger partial charge in [0, 0.05) is 12.7 Å². The first-order chi connectivity index (χ1) is 11.7. The molecule has 0 radical (unpaired) electrons. The molecule has 0 fully saturated rings. The number of aryl methyl sites for hydroxylation is 1. The van der Waals surface area contributed by atoms with Gasteiger partial charge < -0.3 is 15.3 Å². The van der Waals surface area contributed by atoms with Crippen LogP contribution in [-0.4, -0.2) is 36.8 Å². The van der Waals surface area contributed by atoms with Crippen LogP contribution in [0.4, 0.5) is 5.69 Å². The van der Waals surface area contributed by atoms with Crippen molar-refractivity contribution >= 4 is 11.6 Å². The van der Waals surface area contributed by atoms with E-state index in [4.69, 9.17) is 0 Å². The van der Waals surface area contributed by atoms with Crippen molar-refractivity contribution in [3.05, 3.63) is 28.8 Å². The van der Waals surface area contributed by atoms with Crippen LogP contribution in [0.2, 0.25) is 0 Å². The predicted molar refractivity (Wildman–Crippen MR) is 102 cm³/mol. The van der Waals surface area contributed by atoms with E-state index in [1.807, 2.05) is 7.05 Å². The van der Waals surface area contributed by atoms with Crippen molar-refractivity contribution in [1.82, 2.24) is 5.32 Å². The average molecular weight is 344 g/mol. The van der Waals surface area contributed by atoms with Crippen molar-refractivity contribution in [2.24, 2.45) is 5.92 Å². The van der Waals surface area contributed by atoms with Crippen molar-refractivity contribution < 1.29 is 9.90 Å². The molecule has 1 heterocycles. The van der Waals surface area contributed by atoms with E-state index in [2.05, 4.69) is 50.0 Å². The third-order valence-electron chi connectivity index (χ3n) is 6.01. The number of fused-ring (bicyclic) bond motifs is 2. The van der Waals surface area contributed by atoms with Crippen molar-refractivity contribution in [1.29, 1.82) is 0 Å². The molecule has 0 aromatic heterocycles. The molecule has 138 valence electrons. The molecule has 4 heteroatoms. The summed E-state index contributed by atoms with van der Waals surface area (Å²) in [7, 11) is 2.03. The van der Waals surface area contributed by atoms with Crippen LogP contribution in [0, 0.1) is 5.92 Å². The molecule has 0 saturated carbocycles. The number of likely N-dealkylation sites (N-methyl/N-ethyl adjacent to an activating group) is 1. The minimum Gasteiger partial charge on any atom is -0.394 e. The van der Waals surface area contributed by atoms with E-state index in [-0.39, 0.29) is 35.9 Å². The number of hydrogen-bond donors (Lipinski definition) is 2. The van der Waals surface area contributed by atoms with Crippen molar-refractivity contribution in [2.75, 3.05) is 18.6 Å². The van der Waals surface area contributed by atoms with Crippen LogP contribution in [0.15, 0.2) is 12.1 Å². The first kappa shape index (κ1) is 18.2. The van der Waals surface area contributed by atoms with Crippen LogP contribution < -0.4 is 10.2 Å². The maximum absolute atomic E-state index is 12.7. The van der Waals surface area contributed by atoms with Gasteiger partial charge in [0.2, 0.25) is 5.91 Å². The molecule has 25 heavy (non-hydrogen) atoms. The molecular formula is C21H32N2O2. The standard InChI is InChI=1S/C21H32N2O2/c1-13(2)19-20(25)22-16(12-24)9-15-10-17-14(11-18(15)23(19)5)7-6-8-21(17,3)4/h10-11,13,16,19,24H,6-9,12H2,1-5H3,(H,22,25)/t16-,19+/m1/s1. The van der Waals surface area contributed by atoms with E-state index in [1.165, 1.54) is 29.5 Å².